The molecule has 2 amide bonds. The molecule has 7 heteroatoms. The molecular formula is C31H36ClNO5. The highest BCUT2D eigenvalue weighted by Crippen LogP contribution is 2.48. The molecule has 0 unspecified atom stereocenters. The molecule has 1 aliphatic heterocycles. The highest BCUT2D eigenvalue weighted by atomic mass is 35.5. The fourth-order valence-electron chi connectivity index (χ4n) is 6.05. The first-order valence-corrected chi connectivity index (χ1v) is 13.8. The maximum Gasteiger partial charge on any atom is 0.238 e. The second kappa shape index (κ2) is 12.3. The summed E-state index contributed by atoms with van der Waals surface area (Å²) in [6.45, 7) is 3.77. The standard InChI is InChI=1S/C31H36ClNO5/c1-3-8-19(15-21-12-13-23(35)17-26(21)32)11-14-27(36)28-20(4-2)16-24-29(25(28)18-34)31(38)33(30(24)37)22-9-6-5-7-10-22/h5-7,9-10,12-13,15,17,24-25,27,29,34-36H,3-4,8,11,14,16,18H2,1-2H3/b19-15+/t24-,25+,27-,29-/m1/s1. The third-order valence-corrected chi connectivity index (χ3v) is 8.16. The van der Waals surface area contributed by atoms with Crippen molar-refractivity contribution < 1.29 is 24.9 Å². The Kier molecular flexibility index (Phi) is 9.08. The number of phenolic OH excluding ortho intramolecular Hbond substituents is 1. The van der Waals surface area contributed by atoms with Crippen LogP contribution in [0, 0.1) is 17.8 Å². The van der Waals surface area contributed by atoms with Crippen molar-refractivity contribution in [3.63, 3.8) is 0 Å². The zero-order valence-electron chi connectivity index (χ0n) is 21.9. The molecule has 6 nitrogen and oxygen atoms in total. The Balaban J connectivity index is 1.58. The number of amides is 2. The van der Waals surface area contributed by atoms with Gasteiger partial charge in [-0.15, -0.1) is 0 Å². The van der Waals surface area contributed by atoms with E-state index in [1.165, 1.54) is 11.0 Å². The predicted molar refractivity (Wildman–Crippen MR) is 150 cm³/mol. The van der Waals surface area contributed by atoms with Crippen LogP contribution in [0.25, 0.3) is 6.08 Å². The van der Waals surface area contributed by atoms with Gasteiger partial charge in [0.25, 0.3) is 0 Å². The van der Waals surface area contributed by atoms with Gasteiger partial charge in [-0.1, -0.05) is 67.3 Å². The summed E-state index contributed by atoms with van der Waals surface area (Å²) in [4.78, 5) is 28.2. The fourth-order valence-corrected chi connectivity index (χ4v) is 6.28. The van der Waals surface area contributed by atoms with Crippen LogP contribution in [0.1, 0.15) is 57.9 Å². The highest BCUT2D eigenvalue weighted by molar-refractivity contribution is 6.32. The number of allylic oxidation sites excluding steroid dienone is 2. The van der Waals surface area contributed by atoms with E-state index in [1.807, 2.05) is 19.1 Å². The minimum Gasteiger partial charge on any atom is -0.508 e. The third-order valence-electron chi connectivity index (χ3n) is 7.83. The molecule has 0 saturated carbocycles. The number of imide groups is 1. The van der Waals surface area contributed by atoms with Gasteiger partial charge in [-0.3, -0.25) is 14.5 Å². The molecule has 0 spiro atoms. The number of hydrogen-bond acceptors (Lipinski definition) is 5. The number of halogens is 1. The van der Waals surface area contributed by atoms with E-state index in [4.69, 9.17) is 11.6 Å². The Morgan fingerprint density at radius 2 is 1.84 bits per heavy atom. The SMILES string of the molecule is CCC/C(=C\c1ccc(O)cc1Cl)CC[C@@H](O)C1=C(CC)C[C@H]2C(=O)N(c3ccccc3)C(=O)[C@H]2[C@H]1CO. The summed E-state index contributed by atoms with van der Waals surface area (Å²) in [5.74, 6) is -2.25. The maximum absolute atomic E-state index is 13.5. The summed E-state index contributed by atoms with van der Waals surface area (Å²) in [5, 5.41) is 32.0. The zero-order chi connectivity index (χ0) is 27.4. The number of hydrogen-bond donors (Lipinski definition) is 3. The number of nitrogens with zero attached hydrogens (tertiary/aromatic N) is 1. The first-order chi connectivity index (χ1) is 18.3. The lowest BCUT2D eigenvalue weighted by atomic mass is 9.67. The molecule has 202 valence electrons. The topological polar surface area (TPSA) is 98.1 Å². The molecule has 1 aliphatic carbocycles. The van der Waals surface area contributed by atoms with Crippen LogP contribution in [0.3, 0.4) is 0 Å². The van der Waals surface area contributed by atoms with Crippen LogP contribution in [-0.4, -0.2) is 39.8 Å². The van der Waals surface area contributed by atoms with E-state index in [0.717, 1.165) is 29.6 Å². The first-order valence-electron chi connectivity index (χ1n) is 13.4. The normalized spacial score (nSPS) is 22.7. The van der Waals surface area contributed by atoms with Crippen molar-refractivity contribution in [1.82, 2.24) is 0 Å². The van der Waals surface area contributed by atoms with Crippen molar-refractivity contribution in [2.24, 2.45) is 17.8 Å². The van der Waals surface area contributed by atoms with Crippen molar-refractivity contribution in [3.8, 4) is 5.75 Å². The van der Waals surface area contributed by atoms with Gasteiger partial charge in [-0.2, -0.15) is 0 Å². The average molecular weight is 538 g/mol. The predicted octanol–water partition coefficient (Wildman–Crippen LogP) is 5.89. The van der Waals surface area contributed by atoms with Crippen molar-refractivity contribution in [2.45, 2.75) is 58.5 Å². The Morgan fingerprint density at radius 1 is 1.11 bits per heavy atom. The molecule has 1 fully saturated rings. The van der Waals surface area contributed by atoms with Gasteiger partial charge in [0.05, 0.1) is 35.3 Å². The lowest BCUT2D eigenvalue weighted by Crippen LogP contribution is -2.39. The molecule has 3 N–H and O–H groups in total. The summed E-state index contributed by atoms with van der Waals surface area (Å²) in [6.07, 6.45) is 5.02. The molecule has 0 bridgehead atoms. The van der Waals surface area contributed by atoms with E-state index >= 15 is 0 Å². The molecule has 1 heterocycles. The molecule has 2 aromatic rings. The van der Waals surface area contributed by atoms with Gasteiger partial charge in [-0.05, 0) is 73.6 Å². The lowest BCUT2D eigenvalue weighted by Gasteiger charge is -2.36. The van der Waals surface area contributed by atoms with Crippen LogP contribution < -0.4 is 4.90 Å². The summed E-state index contributed by atoms with van der Waals surface area (Å²) in [6, 6.07) is 13.8. The van der Waals surface area contributed by atoms with Crippen molar-refractivity contribution >= 4 is 35.2 Å². The Morgan fingerprint density at radius 3 is 2.47 bits per heavy atom. The quantitative estimate of drug-likeness (QED) is 0.259. The summed E-state index contributed by atoms with van der Waals surface area (Å²) in [5.41, 5.74) is 4.13. The van der Waals surface area contributed by atoms with Crippen LogP contribution in [0.5, 0.6) is 5.75 Å². The molecule has 0 radical (unpaired) electrons. The van der Waals surface area contributed by atoms with Crippen molar-refractivity contribution in [3.05, 3.63) is 75.8 Å². The number of carbonyl (C=O) groups is 2. The fraction of sp³-hybridized carbons (Fsp3) is 0.419. The van der Waals surface area contributed by atoms with E-state index in [9.17, 15) is 24.9 Å². The minimum atomic E-state index is -0.840. The third kappa shape index (κ3) is 5.58. The number of anilines is 1. The van der Waals surface area contributed by atoms with Crippen LogP contribution >= 0.6 is 11.6 Å². The van der Waals surface area contributed by atoms with Gasteiger partial charge in [0.15, 0.2) is 0 Å². The van der Waals surface area contributed by atoms with Crippen LogP contribution in [-0.2, 0) is 9.59 Å². The molecular weight excluding hydrogens is 502 g/mol. The molecule has 4 atom stereocenters. The summed E-state index contributed by atoms with van der Waals surface area (Å²) >= 11 is 6.31. The van der Waals surface area contributed by atoms with E-state index in [-0.39, 0.29) is 24.2 Å². The van der Waals surface area contributed by atoms with Gasteiger partial charge in [0.2, 0.25) is 11.8 Å². The highest BCUT2D eigenvalue weighted by Gasteiger charge is 2.55. The minimum absolute atomic E-state index is 0.107. The lowest BCUT2D eigenvalue weighted by molar-refractivity contribution is -0.123. The van der Waals surface area contributed by atoms with Crippen molar-refractivity contribution in [2.75, 3.05) is 11.5 Å². The Bertz CT molecular complexity index is 1240. The largest absolute Gasteiger partial charge is 0.508 e. The summed E-state index contributed by atoms with van der Waals surface area (Å²) < 4.78 is 0. The number of benzene rings is 2. The number of aliphatic hydroxyl groups is 2. The van der Waals surface area contributed by atoms with Crippen LogP contribution in [0.15, 0.2) is 65.3 Å². The van der Waals surface area contributed by atoms with Crippen LogP contribution in [0.4, 0.5) is 5.69 Å². The number of carbonyl (C=O) groups excluding carboxylic acids is 2. The van der Waals surface area contributed by atoms with E-state index in [1.54, 1.807) is 36.4 Å². The molecule has 1 saturated heterocycles. The second-order valence-electron chi connectivity index (χ2n) is 10.2. The van der Waals surface area contributed by atoms with Crippen molar-refractivity contribution in [1.29, 1.82) is 0 Å². The summed E-state index contributed by atoms with van der Waals surface area (Å²) in [7, 11) is 0. The molecule has 2 aliphatic rings. The van der Waals surface area contributed by atoms with E-state index < -0.39 is 23.9 Å². The van der Waals surface area contributed by atoms with Gasteiger partial charge in [0, 0.05) is 5.92 Å². The molecule has 4 rings (SSSR count). The first kappa shape index (κ1) is 28.1. The molecule has 2 aromatic carbocycles. The Hall–Kier alpha value is -2.93. The Labute approximate surface area is 229 Å². The second-order valence-corrected chi connectivity index (χ2v) is 10.6. The van der Waals surface area contributed by atoms with Crippen LogP contribution in [0.2, 0.25) is 5.02 Å². The number of para-hydroxylation sites is 1. The number of fused-ring (bicyclic) bond motifs is 1. The maximum atomic E-state index is 13.5. The number of aliphatic hydroxyl groups excluding tert-OH is 2. The zero-order valence-corrected chi connectivity index (χ0v) is 22.7. The monoisotopic (exact) mass is 537 g/mol. The van der Waals surface area contributed by atoms with Gasteiger partial charge in [0.1, 0.15) is 5.75 Å². The number of aromatic hydroxyl groups is 1. The number of rotatable bonds is 10. The van der Waals surface area contributed by atoms with E-state index in [2.05, 4.69) is 6.92 Å². The smallest absolute Gasteiger partial charge is 0.238 e. The van der Waals surface area contributed by atoms with Gasteiger partial charge >= 0.3 is 0 Å². The van der Waals surface area contributed by atoms with Gasteiger partial charge in [-0.25, -0.2) is 0 Å². The average Bonchev–Trinajstić information content (AvgIpc) is 3.17. The van der Waals surface area contributed by atoms with Gasteiger partial charge < -0.3 is 15.3 Å². The number of phenols is 1. The molecule has 38 heavy (non-hydrogen) atoms. The molecule has 0 aromatic heterocycles. The van der Waals surface area contributed by atoms with E-state index in [0.29, 0.717) is 42.0 Å².